The maximum atomic E-state index is 14.2. The normalized spacial score (nSPS) is 28.4. The summed E-state index contributed by atoms with van der Waals surface area (Å²) >= 11 is 9.04. The largest absolute Gasteiger partial charge is 0.385 e. The fourth-order valence-electron chi connectivity index (χ4n) is 2.32. The van der Waals surface area contributed by atoms with Crippen molar-refractivity contribution in [2.24, 2.45) is 0 Å². The molecule has 2 unspecified atom stereocenters. The third-order valence-electron chi connectivity index (χ3n) is 3.43. The SMILES string of the molecule is CCC1CC(O)(c2ccc(Br)c(Cl)c2F)CCO1. The third kappa shape index (κ3) is 2.57. The zero-order valence-corrected chi connectivity index (χ0v) is 12.4. The second-order valence-electron chi connectivity index (χ2n) is 4.61. The molecule has 1 fully saturated rings. The minimum atomic E-state index is -1.19. The first kappa shape index (κ1) is 14.3. The Bertz CT molecular complexity index is 455. The Morgan fingerprint density at radius 2 is 2.33 bits per heavy atom. The maximum absolute atomic E-state index is 14.2. The highest BCUT2D eigenvalue weighted by atomic mass is 79.9. The summed E-state index contributed by atoms with van der Waals surface area (Å²) in [6.07, 6.45) is 1.55. The topological polar surface area (TPSA) is 29.5 Å². The fourth-order valence-corrected chi connectivity index (χ4v) is 2.80. The Balaban J connectivity index is 2.38. The van der Waals surface area contributed by atoms with Gasteiger partial charge >= 0.3 is 0 Å². The lowest BCUT2D eigenvalue weighted by atomic mass is 9.83. The minimum absolute atomic E-state index is 0.0143. The molecule has 0 spiro atoms. The van der Waals surface area contributed by atoms with E-state index in [1.54, 1.807) is 12.1 Å². The summed E-state index contributed by atoms with van der Waals surface area (Å²) < 4.78 is 20.2. The Morgan fingerprint density at radius 1 is 1.61 bits per heavy atom. The fraction of sp³-hybridized carbons (Fsp3) is 0.538. The van der Waals surface area contributed by atoms with E-state index < -0.39 is 11.4 Å². The quantitative estimate of drug-likeness (QED) is 0.826. The van der Waals surface area contributed by atoms with Crippen molar-refractivity contribution in [2.45, 2.75) is 37.9 Å². The molecular formula is C13H15BrClFO2. The number of benzene rings is 1. The zero-order chi connectivity index (χ0) is 13.3. The van der Waals surface area contributed by atoms with E-state index in [9.17, 15) is 9.50 Å². The van der Waals surface area contributed by atoms with Crippen molar-refractivity contribution in [3.63, 3.8) is 0 Å². The zero-order valence-electron chi connectivity index (χ0n) is 10.0. The molecule has 100 valence electrons. The van der Waals surface area contributed by atoms with Gasteiger partial charge in [-0.05, 0) is 28.4 Å². The summed E-state index contributed by atoms with van der Waals surface area (Å²) in [7, 11) is 0. The van der Waals surface area contributed by atoms with E-state index in [0.29, 0.717) is 23.9 Å². The van der Waals surface area contributed by atoms with Gasteiger partial charge in [0.05, 0.1) is 23.3 Å². The molecule has 0 amide bonds. The van der Waals surface area contributed by atoms with Crippen LogP contribution in [0, 0.1) is 5.82 Å². The van der Waals surface area contributed by atoms with E-state index in [2.05, 4.69) is 15.9 Å². The molecule has 2 nitrogen and oxygen atoms in total. The van der Waals surface area contributed by atoms with Gasteiger partial charge in [0.15, 0.2) is 0 Å². The average Bonchev–Trinajstić information content (AvgIpc) is 2.35. The summed E-state index contributed by atoms with van der Waals surface area (Å²) in [6, 6.07) is 3.25. The smallest absolute Gasteiger partial charge is 0.149 e. The molecule has 1 aromatic rings. The Kier molecular flexibility index (Phi) is 4.32. The van der Waals surface area contributed by atoms with Crippen LogP contribution < -0.4 is 0 Å². The summed E-state index contributed by atoms with van der Waals surface area (Å²) in [6.45, 7) is 2.42. The molecule has 0 radical (unpaired) electrons. The second kappa shape index (κ2) is 5.45. The van der Waals surface area contributed by atoms with E-state index in [4.69, 9.17) is 16.3 Å². The van der Waals surface area contributed by atoms with Gasteiger partial charge in [-0.25, -0.2) is 4.39 Å². The molecule has 1 aliphatic rings. The summed E-state index contributed by atoms with van der Waals surface area (Å²) in [5, 5.41) is 10.7. The molecular weight excluding hydrogens is 322 g/mol. The number of halogens is 3. The van der Waals surface area contributed by atoms with Gasteiger partial charge in [0.2, 0.25) is 0 Å². The number of aliphatic hydroxyl groups is 1. The predicted octanol–water partition coefficient (Wildman–Crippen LogP) is 4.02. The summed E-state index contributed by atoms with van der Waals surface area (Å²) in [5.41, 5.74) is -0.926. The van der Waals surface area contributed by atoms with Gasteiger partial charge in [0.1, 0.15) is 5.82 Å². The van der Waals surface area contributed by atoms with Crippen LogP contribution in [-0.4, -0.2) is 17.8 Å². The second-order valence-corrected chi connectivity index (χ2v) is 5.84. The third-order valence-corrected chi connectivity index (χ3v) is 4.69. The van der Waals surface area contributed by atoms with Crippen LogP contribution in [0.4, 0.5) is 4.39 Å². The first-order valence-corrected chi connectivity index (χ1v) is 7.13. The maximum Gasteiger partial charge on any atom is 0.149 e. The molecule has 0 aliphatic carbocycles. The van der Waals surface area contributed by atoms with Gasteiger partial charge in [0.25, 0.3) is 0 Å². The van der Waals surface area contributed by atoms with E-state index in [0.717, 1.165) is 6.42 Å². The number of hydrogen-bond acceptors (Lipinski definition) is 2. The molecule has 1 aromatic carbocycles. The number of hydrogen-bond donors (Lipinski definition) is 1. The monoisotopic (exact) mass is 336 g/mol. The highest BCUT2D eigenvalue weighted by molar-refractivity contribution is 9.10. The van der Waals surface area contributed by atoms with Crippen LogP contribution in [0.5, 0.6) is 0 Å². The lowest BCUT2D eigenvalue weighted by molar-refractivity contribution is -0.110. The van der Waals surface area contributed by atoms with E-state index in [-0.39, 0.29) is 16.7 Å². The van der Waals surface area contributed by atoms with Gasteiger partial charge in [-0.2, -0.15) is 0 Å². The van der Waals surface area contributed by atoms with E-state index in [1.807, 2.05) is 6.92 Å². The first-order chi connectivity index (χ1) is 8.48. The Labute approximate surface area is 119 Å². The molecule has 1 heterocycles. The lowest BCUT2D eigenvalue weighted by Crippen LogP contribution is -2.39. The van der Waals surface area contributed by atoms with Crippen molar-refractivity contribution in [3.8, 4) is 0 Å². The van der Waals surface area contributed by atoms with Crippen LogP contribution >= 0.6 is 27.5 Å². The van der Waals surface area contributed by atoms with Crippen molar-refractivity contribution in [1.82, 2.24) is 0 Å². The van der Waals surface area contributed by atoms with Crippen LogP contribution in [0.1, 0.15) is 31.7 Å². The molecule has 0 saturated carbocycles. The van der Waals surface area contributed by atoms with Gasteiger partial charge in [-0.15, -0.1) is 0 Å². The van der Waals surface area contributed by atoms with Gasteiger partial charge in [-0.1, -0.05) is 24.6 Å². The summed E-state index contributed by atoms with van der Waals surface area (Å²) in [5.74, 6) is -0.551. The van der Waals surface area contributed by atoms with E-state index >= 15 is 0 Å². The van der Waals surface area contributed by atoms with Gasteiger partial charge in [-0.3, -0.25) is 0 Å². The van der Waals surface area contributed by atoms with Crippen LogP contribution in [0.2, 0.25) is 5.02 Å². The van der Waals surface area contributed by atoms with Crippen molar-refractivity contribution < 1.29 is 14.2 Å². The molecule has 0 aromatic heterocycles. The van der Waals surface area contributed by atoms with E-state index in [1.165, 1.54) is 0 Å². The Hall–Kier alpha value is -0.160. The average molecular weight is 338 g/mol. The molecule has 1 N–H and O–H groups in total. The number of ether oxygens (including phenoxy) is 1. The minimum Gasteiger partial charge on any atom is -0.385 e. The van der Waals surface area contributed by atoms with Crippen molar-refractivity contribution in [1.29, 1.82) is 0 Å². The van der Waals surface area contributed by atoms with Crippen LogP contribution in [0.15, 0.2) is 16.6 Å². The van der Waals surface area contributed by atoms with Gasteiger partial charge < -0.3 is 9.84 Å². The molecule has 1 saturated heterocycles. The molecule has 2 atom stereocenters. The molecule has 2 rings (SSSR count). The van der Waals surface area contributed by atoms with Crippen LogP contribution in [0.3, 0.4) is 0 Å². The molecule has 5 heteroatoms. The Morgan fingerprint density at radius 3 is 3.00 bits per heavy atom. The van der Waals surface area contributed by atoms with Gasteiger partial charge in [0, 0.05) is 22.9 Å². The molecule has 1 aliphatic heterocycles. The lowest BCUT2D eigenvalue weighted by Gasteiger charge is -2.37. The molecule has 18 heavy (non-hydrogen) atoms. The van der Waals surface area contributed by atoms with Crippen LogP contribution in [0.25, 0.3) is 0 Å². The van der Waals surface area contributed by atoms with Crippen molar-refractivity contribution in [3.05, 3.63) is 33.0 Å². The van der Waals surface area contributed by atoms with Crippen molar-refractivity contribution in [2.75, 3.05) is 6.61 Å². The van der Waals surface area contributed by atoms with Crippen LogP contribution in [-0.2, 0) is 10.3 Å². The number of rotatable bonds is 2. The standard InChI is InChI=1S/C13H15BrClFO2/c1-2-8-7-13(17,5-6-18-8)9-3-4-10(14)11(15)12(9)16/h3-4,8,17H,2,5-7H2,1H3. The highest BCUT2D eigenvalue weighted by Crippen LogP contribution is 2.40. The van der Waals surface area contributed by atoms with Crippen molar-refractivity contribution >= 4 is 27.5 Å². The predicted molar refractivity (Wildman–Crippen MR) is 72.3 cm³/mol. The highest BCUT2D eigenvalue weighted by Gasteiger charge is 2.38. The summed E-state index contributed by atoms with van der Waals surface area (Å²) in [4.78, 5) is 0. The molecule has 0 bridgehead atoms. The first-order valence-electron chi connectivity index (χ1n) is 5.96.